The Morgan fingerprint density at radius 2 is 1.79 bits per heavy atom. The zero-order chi connectivity index (χ0) is 20.2. The Balaban J connectivity index is 1.40. The maximum atomic E-state index is 12.9. The molecule has 1 fully saturated rings. The molecule has 1 aromatic heterocycles. The lowest BCUT2D eigenvalue weighted by Crippen LogP contribution is -2.38. The van der Waals surface area contributed by atoms with Crippen LogP contribution in [0.3, 0.4) is 0 Å². The van der Waals surface area contributed by atoms with E-state index >= 15 is 0 Å². The molecule has 0 aliphatic carbocycles. The summed E-state index contributed by atoms with van der Waals surface area (Å²) in [5.74, 6) is 0.362. The summed E-state index contributed by atoms with van der Waals surface area (Å²) in [7, 11) is 1.99. The first kappa shape index (κ1) is 19.7. The average molecular weight is 395 g/mol. The van der Waals surface area contributed by atoms with Gasteiger partial charge in [-0.3, -0.25) is 14.3 Å². The number of nitrogens with zero attached hydrogens (tertiary/aromatic N) is 4. The lowest BCUT2D eigenvalue weighted by Gasteiger charge is -2.24. The quantitative estimate of drug-likeness (QED) is 0.801. The molecule has 6 heteroatoms. The molecule has 0 unspecified atom stereocenters. The number of carbonyl (C=O) groups excluding carboxylic acids is 2. The minimum absolute atomic E-state index is 0.157. The summed E-state index contributed by atoms with van der Waals surface area (Å²) in [6.07, 6.45) is 5.83. The van der Waals surface area contributed by atoms with Crippen molar-refractivity contribution in [3.8, 4) is 11.3 Å². The van der Waals surface area contributed by atoms with Crippen LogP contribution in [-0.2, 0) is 29.5 Å². The number of aryl methyl sites for hydroxylation is 1. The van der Waals surface area contributed by atoms with Crippen molar-refractivity contribution in [2.45, 2.75) is 44.9 Å². The minimum atomic E-state index is 0.157. The van der Waals surface area contributed by atoms with Gasteiger partial charge in [0.1, 0.15) is 0 Å². The van der Waals surface area contributed by atoms with Crippen molar-refractivity contribution >= 4 is 11.8 Å². The van der Waals surface area contributed by atoms with Gasteiger partial charge in [-0.1, -0.05) is 36.8 Å². The Bertz CT molecular complexity index is 875. The van der Waals surface area contributed by atoms with Crippen molar-refractivity contribution in [3.63, 3.8) is 0 Å². The maximum Gasteiger partial charge on any atom is 0.224 e. The van der Waals surface area contributed by atoms with E-state index in [1.807, 2.05) is 39.7 Å². The topological polar surface area (TPSA) is 58.4 Å². The predicted octanol–water partition coefficient (Wildman–Crippen LogP) is 2.81. The van der Waals surface area contributed by atoms with E-state index in [1.54, 1.807) is 0 Å². The van der Waals surface area contributed by atoms with E-state index in [9.17, 15) is 9.59 Å². The zero-order valence-corrected chi connectivity index (χ0v) is 17.3. The standard InChI is InChI=1S/C23H30N4O2/c1-25-20-12-16-27(22(29)13-17-26-14-7-3-6-10-21(26)28)15-11-19(20)23(24-25)18-8-4-2-5-9-18/h2,4-5,8-9H,3,6-7,10-17H2,1H3. The smallest absolute Gasteiger partial charge is 0.224 e. The van der Waals surface area contributed by atoms with Gasteiger partial charge in [-0.2, -0.15) is 5.10 Å². The number of amides is 2. The molecule has 29 heavy (non-hydrogen) atoms. The number of carbonyl (C=O) groups is 2. The third kappa shape index (κ3) is 4.36. The molecule has 4 rings (SSSR count). The number of benzene rings is 1. The van der Waals surface area contributed by atoms with Crippen LogP contribution in [0, 0.1) is 0 Å². The van der Waals surface area contributed by atoms with Crippen LogP contribution in [0.4, 0.5) is 0 Å². The second-order valence-corrected chi connectivity index (χ2v) is 8.09. The fourth-order valence-electron chi connectivity index (χ4n) is 4.52. The van der Waals surface area contributed by atoms with Crippen LogP contribution in [-0.4, -0.2) is 57.6 Å². The second-order valence-electron chi connectivity index (χ2n) is 8.09. The zero-order valence-electron chi connectivity index (χ0n) is 17.3. The molecule has 2 aliphatic heterocycles. The number of hydrogen-bond donors (Lipinski definition) is 0. The van der Waals surface area contributed by atoms with Gasteiger partial charge < -0.3 is 9.80 Å². The van der Waals surface area contributed by atoms with Gasteiger partial charge in [0.15, 0.2) is 0 Å². The van der Waals surface area contributed by atoms with E-state index in [-0.39, 0.29) is 11.8 Å². The van der Waals surface area contributed by atoms with Gasteiger partial charge in [-0.05, 0) is 19.3 Å². The van der Waals surface area contributed by atoms with E-state index in [0.717, 1.165) is 49.9 Å². The van der Waals surface area contributed by atoms with E-state index in [1.165, 1.54) is 11.3 Å². The highest BCUT2D eigenvalue weighted by molar-refractivity contribution is 5.79. The summed E-state index contributed by atoms with van der Waals surface area (Å²) in [5, 5.41) is 4.76. The molecular weight excluding hydrogens is 364 g/mol. The number of aromatic nitrogens is 2. The van der Waals surface area contributed by atoms with Crippen molar-refractivity contribution in [2.24, 2.45) is 7.05 Å². The number of hydrogen-bond acceptors (Lipinski definition) is 3. The van der Waals surface area contributed by atoms with Gasteiger partial charge >= 0.3 is 0 Å². The second kappa shape index (κ2) is 8.80. The SMILES string of the molecule is Cn1nc(-c2ccccc2)c2c1CCN(C(=O)CCN1CCCCCC1=O)CC2. The van der Waals surface area contributed by atoms with Crippen LogP contribution in [0.15, 0.2) is 30.3 Å². The Hall–Kier alpha value is -2.63. The van der Waals surface area contributed by atoms with Crippen molar-refractivity contribution in [1.29, 1.82) is 0 Å². The largest absolute Gasteiger partial charge is 0.342 e. The van der Waals surface area contributed by atoms with Gasteiger partial charge in [0, 0.05) is 69.3 Å². The van der Waals surface area contributed by atoms with Gasteiger partial charge in [-0.15, -0.1) is 0 Å². The highest BCUT2D eigenvalue weighted by Gasteiger charge is 2.25. The molecule has 2 aliphatic rings. The van der Waals surface area contributed by atoms with Crippen LogP contribution >= 0.6 is 0 Å². The molecule has 3 heterocycles. The van der Waals surface area contributed by atoms with Crippen molar-refractivity contribution < 1.29 is 9.59 Å². The average Bonchev–Trinajstić information content (AvgIpc) is 2.91. The predicted molar refractivity (Wildman–Crippen MR) is 112 cm³/mol. The molecule has 0 bridgehead atoms. The molecule has 0 atom stereocenters. The van der Waals surface area contributed by atoms with Crippen molar-refractivity contribution in [2.75, 3.05) is 26.2 Å². The normalized spacial score (nSPS) is 17.6. The van der Waals surface area contributed by atoms with E-state index < -0.39 is 0 Å². The first-order valence-corrected chi connectivity index (χ1v) is 10.8. The molecule has 6 nitrogen and oxygen atoms in total. The number of likely N-dealkylation sites (tertiary alicyclic amines) is 1. The third-order valence-corrected chi connectivity index (χ3v) is 6.19. The van der Waals surface area contributed by atoms with E-state index in [0.29, 0.717) is 32.5 Å². The fourth-order valence-corrected chi connectivity index (χ4v) is 4.52. The Morgan fingerprint density at radius 3 is 2.62 bits per heavy atom. The molecule has 2 aromatic rings. The van der Waals surface area contributed by atoms with E-state index in [2.05, 4.69) is 12.1 Å². The lowest BCUT2D eigenvalue weighted by molar-refractivity contribution is -0.134. The summed E-state index contributed by atoms with van der Waals surface area (Å²) in [5.41, 5.74) is 4.65. The molecular formula is C23H30N4O2. The number of rotatable bonds is 4. The van der Waals surface area contributed by atoms with Crippen LogP contribution < -0.4 is 0 Å². The van der Waals surface area contributed by atoms with E-state index in [4.69, 9.17) is 5.10 Å². The summed E-state index contributed by atoms with van der Waals surface area (Å²) in [4.78, 5) is 28.9. The molecule has 1 aromatic carbocycles. The highest BCUT2D eigenvalue weighted by atomic mass is 16.2. The van der Waals surface area contributed by atoms with Crippen LogP contribution in [0.1, 0.15) is 43.4 Å². The first-order valence-electron chi connectivity index (χ1n) is 10.8. The molecule has 1 saturated heterocycles. The Labute approximate surface area is 172 Å². The molecule has 0 radical (unpaired) electrons. The van der Waals surface area contributed by atoms with Crippen LogP contribution in [0.25, 0.3) is 11.3 Å². The summed E-state index contributed by atoms with van der Waals surface area (Å²) >= 11 is 0. The van der Waals surface area contributed by atoms with Gasteiger partial charge in [-0.25, -0.2) is 0 Å². The summed E-state index contributed by atoms with van der Waals surface area (Å²) < 4.78 is 1.97. The molecule has 0 saturated carbocycles. The van der Waals surface area contributed by atoms with Gasteiger partial charge in [0.25, 0.3) is 0 Å². The molecule has 0 spiro atoms. The maximum absolute atomic E-state index is 12.9. The molecule has 2 amide bonds. The highest BCUT2D eigenvalue weighted by Crippen LogP contribution is 2.28. The van der Waals surface area contributed by atoms with Crippen LogP contribution in [0.2, 0.25) is 0 Å². The lowest BCUT2D eigenvalue weighted by atomic mass is 10.0. The third-order valence-electron chi connectivity index (χ3n) is 6.19. The molecule has 154 valence electrons. The van der Waals surface area contributed by atoms with Crippen molar-refractivity contribution in [1.82, 2.24) is 19.6 Å². The fraction of sp³-hybridized carbons (Fsp3) is 0.522. The summed E-state index contributed by atoms with van der Waals surface area (Å²) in [6.45, 7) is 2.78. The van der Waals surface area contributed by atoms with Gasteiger partial charge in [0.05, 0.1) is 5.69 Å². The molecule has 0 N–H and O–H groups in total. The monoisotopic (exact) mass is 394 g/mol. The summed E-state index contributed by atoms with van der Waals surface area (Å²) in [6, 6.07) is 10.3. The van der Waals surface area contributed by atoms with Crippen LogP contribution in [0.5, 0.6) is 0 Å². The van der Waals surface area contributed by atoms with Gasteiger partial charge in [0.2, 0.25) is 11.8 Å². The Kier molecular flexibility index (Phi) is 5.97. The Morgan fingerprint density at radius 1 is 1.00 bits per heavy atom. The first-order chi connectivity index (χ1) is 14.1. The van der Waals surface area contributed by atoms with Crippen molar-refractivity contribution in [3.05, 3.63) is 41.6 Å². The minimum Gasteiger partial charge on any atom is -0.342 e. The number of fused-ring (bicyclic) bond motifs is 1.